The summed E-state index contributed by atoms with van der Waals surface area (Å²) in [5, 5.41) is 1.99. The zero-order valence-corrected chi connectivity index (χ0v) is 24.0. The first-order valence-corrected chi connectivity index (χ1v) is 13.5. The Morgan fingerprint density at radius 1 is 0.907 bits per heavy atom. The van der Waals surface area contributed by atoms with Crippen LogP contribution in [-0.4, -0.2) is 38.0 Å². The average Bonchev–Trinajstić information content (AvgIpc) is 2.93. The van der Waals surface area contributed by atoms with Crippen LogP contribution in [-0.2, 0) is 28.1 Å². The molecular formula is C31H31F3N4O5. The molecule has 0 radical (unpaired) electrons. The zero-order chi connectivity index (χ0) is 31.7. The van der Waals surface area contributed by atoms with E-state index in [0.717, 1.165) is 14.7 Å². The van der Waals surface area contributed by atoms with Crippen LogP contribution in [0.1, 0.15) is 33.3 Å². The largest absolute Gasteiger partial charge is 0.452 e. The van der Waals surface area contributed by atoms with Gasteiger partial charge in [-0.2, -0.15) is 13.2 Å². The van der Waals surface area contributed by atoms with Gasteiger partial charge in [-0.3, -0.25) is 28.3 Å². The summed E-state index contributed by atoms with van der Waals surface area (Å²) in [6.07, 6.45) is -4.84. The number of nitrogens with zero attached hydrogens (tertiary/aromatic N) is 2. The van der Waals surface area contributed by atoms with Gasteiger partial charge in [0.05, 0.1) is 22.7 Å². The van der Waals surface area contributed by atoms with E-state index < -0.39 is 58.7 Å². The van der Waals surface area contributed by atoms with E-state index in [1.54, 1.807) is 44.2 Å². The molecule has 12 heteroatoms. The summed E-state index contributed by atoms with van der Waals surface area (Å²) in [5.74, 6) is -4.04. The summed E-state index contributed by atoms with van der Waals surface area (Å²) in [7, 11) is 0. The lowest BCUT2D eigenvalue weighted by Crippen LogP contribution is -2.51. The number of aromatic nitrogens is 3. The van der Waals surface area contributed by atoms with Crippen LogP contribution in [0, 0.1) is 5.92 Å². The number of rotatable bonds is 9. The molecule has 2 aromatic carbocycles. The number of H-pyrrole nitrogens is 1. The van der Waals surface area contributed by atoms with Crippen molar-refractivity contribution in [2.24, 2.45) is 5.92 Å². The van der Waals surface area contributed by atoms with Gasteiger partial charge < -0.3 is 10.3 Å². The summed E-state index contributed by atoms with van der Waals surface area (Å²) in [4.78, 5) is 68.2. The molecule has 2 N–H and O–H groups in total. The zero-order valence-electron chi connectivity index (χ0n) is 24.0. The molecule has 0 saturated heterocycles. The first kappa shape index (κ1) is 31.2. The fourth-order valence-corrected chi connectivity index (χ4v) is 5.11. The van der Waals surface area contributed by atoms with Gasteiger partial charge in [-0.15, -0.1) is 0 Å². The molecule has 4 aromatic rings. The number of nitrogens with one attached hydrogen (secondary N) is 2. The molecule has 0 saturated carbocycles. The number of fused-ring (bicyclic) bond motifs is 1. The van der Waals surface area contributed by atoms with E-state index in [1.807, 2.05) is 30.3 Å². The molecule has 9 nitrogen and oxygen atoms in total. The fourth-order valence-electron chi connectivity index (χ4n) is 5.11. The van der Waals surface area contributed by atoms with Gasteiger partial charge in [0.2, 0.25) is 5.91 Å². The van der Waals surface area contributed by atoms with Gasteiger partial charge in [0.15, 0.2) is 0 Å². The number of alkyl halides is 3. The maximum absolute atomic E-state index is 13.8. The standard InChI is InChI=1S/C31H31F3N4O5/c1-18(2)24(26(40)31(32,33)34)35-23(39)17-37-22(20-13-9-6-10-14-20)15-21-25(28(37)42)36-29(43)38(27(21)41)30(3,4)16-19-11-7-5-8-12-19/h5-15,18,24H,16-17H2,1-4H3,(H,35,39)(H,36,43). The van der Waals surface area contributed by atoms with Crippen LogP contribution in [0.4, 0.5) is 13.2 Å². The van der Waals surface area contributed by atoms with Gasteiger partial charge >= 0.3 is 11.9 Å². The van der Waals surface area contributed by atoms with Gasteiger partial charge in [0.25, 0.3) is 16.9 Å². The Labute approximate surface area is 244 Å². The number of amides is 1. The van der Waals surface area contributed by atoms with Crippen molar-refractivity contribution in [1.82, 2.24) is 19.4 Å². The van der Waals surface area contributed by atoms with E-state index in [9.17, 15) is 37.1 Å². The molecule has 0 aliphatic carbocycles. The molecule has 2 aromatic heterocycles. The monoisotopic (exact) mass is 596 g/mol. The molecule has 2 heterocycles. The quantitative estimate of drug-likeness (QED) is 0.305. The van der Waals surface area contributed by atoms with Crippen molar-refractivity contribution < 1.29 is 22.8 Å². The number of hydrogen-bond acceptors (Lipinski definition) is 5. The molecule has 0 aliphatic rings. The number of aromatic amines is 1. The number of pyridine rings is 1. The summed E-state index contributed by atoms with van der Waals surface area (Å²) < 4.78 is 41.5. The van der Waals surface area contributed by atoms with Gasteiger partial charge in [0.1, 0.15) is 12.1 Å². The van der Waals surface area contributed by atoms with E-state index in [0.29, 0.717) is 12.0 Å². The number of halogens is 3. The molecule has 0 bridgehead atoms. The maximum atomic E-state index is 13.8. The number of carbonyl (C=O) groups excluding carboxylic acids is 2. The van der Waals surface area contributed by atoms with E-state index in [2.05, 4.69) is 10.3 Å². The molecule has 1 amide bonds. The van der Waals surface area contributed by atoms with Crippen molar-refractivity contribution in [1.29, 1.82) is 0 Å². The van der Waals surface area contributed by atoms with E-state index in [-0.39, 0.29) is 16.6 Å². The Hall–Kier alpha value is -4.74. The number of carbonyl (C=O) groups is 2. The highest BCUT2D eigenvalue weighted by molar-refractivity contribution is 5.93. The van der Waals surface area contributed by atoms with Crippen LogP contribution in [0.25, 0.3) is 22.2 Å². The average molecular weight is 597 g/mol. The Balaban J connectivity index is 1.86. The third kappa shape index (κ3) is 6.52. The molecule has 4 rings (SSSR count). The normalized spacial score (nSPS) is 12.8. The van der Waals surface area contributed by atoms with Crippen molar-refractivity contribution >= 4 is 22.6 Å². The van der Waals surface area contributed by atoms with Crippen molar-refractivity contribution in [3.8, 4) is 11.3 Å². The van der Waals surface area contributed by atoms with Crippen LogP contribution >= 0.6 is 0 Å². The van der Waals surface area contributed by atoms with Crippen LogP contribution in [0.3, 0.4) is 0 Å². The lowest BCUT2D eigenvalue weighted by Gasteiger charge is -2.27. The molecule has 1 atom stereocenters. The van der Waals surface area contributed by atoms with E-state index in [1.165, 1.54) is 19.9 Å². The molecule has 1 unspecified atom stereocenters. The SMILES string of the molecule is CC(C)C(NC(=O)Cn1c(-c2ccccc2)cc2c(=O)n(C(C)(C)Cc3ccccc3)c(=O)[nH]c2c1=O)C(=O)C(F)(F)F. The van der Waals surface area contributed by atoms with Gasteiger partial charge in [0, 0.05) is 0 Å². The molecular weight excluding hydrogens is 565 g/mol. The second-order valence-corrected chi connectivity index (χ2v) is 11.3. The van der Waals surface area contributed by atoms with E-state index >= 15 is 0 Å². The van der Waals surface area contributed by atoms with Crippen LogP contribution in [0.15, 0.2) is 81.1 Å². The molecule has 226 valence electrons. The highest BCUT2D eigenvalue weighted by Gasteiger charge is 2.45. The molecule has 0 spiro atoms. The smallest absolute Gasteiger partial charge is 0.344 e. The summed E-state index contributed by atoms with van der Waals surface area (Å²) >= 11 is 0. The summed E-state index contributed by atoms with van der Waals surface area (Å²) in [5.41, 5.74) is -2.39. The van der Waals surface area contributed by atoms with Crippen LogP contribution < -0.4 is 22.1 Å². The summed E-state index contributed by atoms with van der Waals surface area (Å²) in [6.45, 7) is 5.36. The van der Waals surface area contributed by atoms with Gasteiger partial charge in [-0.1, -0.05) is 74.5 Å². The third-order valence-corrected chi connectivity index (χ3v) is 7.17. The number of ketones is 1. The lowest BCUT2D eigenvalue weighted by atomic mass is 9.94. The van der Waals surface area contributed by atoms with Crippen molar-refractivity contribution in [3.05, 3.63) is 103 Å². The Morgan fingerprint density at radius 3 is 2.05 bits per heavy atom. The number of benzene rings is 2. The van der Waals surface area contributed by atoms with E-state index in [4.69, 9.17) is 0 Å². The van der Waals surface area contributed by atoms with Crippen molar-refractivity contribution in [3.63, 3.8) is 0 Å². The minimum Gasteiger partial charge on any atom is -0.344 e. The topological polar surface area (TPSA) is 123 Å². The third-order valence-electron chi connectivity index (χ3n) is 7.17. The molecule has 0 fully saturated rings. The van der Waals surface area contributed by atoms with Crippen LogP contribution in [0.2, 0.25) is 0 Å². The van der Waals surface area contributed by atoms with Crippen molar-refractivity contribution in [2.45, 2.75) is 58.4 Å². The predicted octanol–water partition coefficient (Wildman–Crippen LogP) is 3.77. The fraction of sp³-hybridized carbons (Fsp3) is 0.323. The second kappa shape index (κ2) is 11.9. The first-order valence-electron chi connectivity index (χ1n) is 13.5. The molecule has 0 aliphatic heterocycles. The Kier molecular flexibility index (Phi) is 8.61. The minimum atomic E-state index is -5.18. The minimum absolute atomic E-state index is 0.103. The maximum Gasteiger partial charge on any atom is 0.452 e. The Bertz CT molecular complexity index is 1840. The lowest BCUT2D eigenvalue weighted by molar-refractivity contribution is -0.174. The van der Waals surface area contributed by atoms with Gasteiger partial charge in [-0.25, -0.2) is 4.79 Å². The summed E-state index contributed by atoms with van der Waals surface area (Å²) in [6, 6.07) is 17.1. The highest BCUT2D eigenvalue weighted by atomic mass is 19.4. The highest BCUT2D eigenvalue weighted by Crippen LogP contribution is 2.23. The van der Waals surface area contributed by atoms with Crippen LogP contribution in [0.5, 0.6) is 0 Å². The first-order chi connectivity index (χ1) is 20.1. The predicted molar refractivity (Wildman–Crippen MR) is 156 cm³/mol. The number of hydrogen-bond donors (Lipinski definition) is 2. The van der Waals surface area contributed by atoms with Crippen molar-refractivity contribution in [2.75, 3.05) is 0 Å². The molecule has 43 heavy (non-hydrogen) atoms. The van der Waals surface area contributed by atoms with Gasteiger partial charge in [-0.05, 0) is 43.4 Å². The second-order valence-electron chi connectivity index (χ2n) is 11.3. The number of Topliss-reactive ketones (excluding diaryl/α,β-unsaturated/α-hetero) is 1. The Morgan fingerprint density at radius 2 is 1.49 bits per heavy atom.